The molecule has 1 aromatic rings. The van der Waals surface area contributed by atoms with Crippen LogP contribution in [-0.4, -0.2) is 11.3 Å². The number of hydrogen-bond donors (Lipinski definition) is 0. The zero-order valence-electron chi connectivity index (χ0n) is 5.83. The van der Waals surface area contributed by atoms with Gasteiger partial charge in [0, 0.05) is 5.38 Å². The average Bonchev–Trinajstić information content (AvgIpc) is 2.37. The molecule has 0 spiro atoms. The third-order valence-corrected chi connectivity index (χ3v) is 2.14. The quantitative estimate of drug-likeness (QED) is 0.618. The summed E-state index contributed by atoms with van der Waals surface area (Å²) in [6.07, 6.45) is 2.30. The molecule has 0 amide bonds. The number of aryl methyl sites for hydroxylation is 1. The summed E-state index contributed by atoms with van der Waals surface area (Å²) >= 11 is 1.56. The Morgan fingerprint density at radius 2 is 2.60 bits per heavy atom. The number of aromatic nitrogens is 1. The minimum atomic E-state index is 0.463. The van der Waals surface area contributed by atoms with E-state index in [1.54, 1.807) is 11.3 Å². The van der Waals surface area contributed by atoms with Crippen molar-refractivity contribution in [2.24, 2.45) is 0 Å². The summed E-state index contributed by atoms with van der Waals surface area (Å²) in [7, 11) is 0. The first kappa shape index (κ1) is 7.41. The van der Waals surface area contributed by atoms with Crippen LogP contribution in [0.5, 0.6) is 0 Å². The smallest absolute Gasteiger partial charge is 0.126 e. The second-order valence-electron chi connectivity index (χ2n) is 1.96. The highest BCUT2D eigenvalue weighted by molar-refractivity contribution is 7.09. The molecule has 10 heavy (non-hydrogen) atoms. The van der Waals surface area contributed by atoms with E-state index in [0.717, 1.165) is 23.4 Å². The van der Waals surface area contributed by atoms with E-state index in [-0.39, 0.29) is 0 Å². The molecular weight excluding hydrogens is 146 g/mol. The molecule has 0 atom stereocenters. The van der Waals surface area contributed by atoms with E-state index in [0.29, 0.717) is 6.42 Å². The molecule has 0 N–H and O–H groups in total. The molecule has 1 rings (SSSR count). The van der Waals surface area contributed by atoms with E-state index < -0.39 is 0 Å². The zero-order chi connectivity index (χ0) is 7.40. The normalized spacial score (nSPS) is 9.70. The summed E-state index contributed by atoms with van der Waals surface area (Å²) in [6.45, 7) is 2.06. The van der Waals surface area contributed by atoms with Crippen LogP contribution >= 0.6 is 11.3 Å². The van der Waals surface area contributed by atoms with E-state index in [9.17, 15) is 4.79 Å². The number of thiazole rings is 1. The summed E-state index contributed by atoms with van der Waals surface area (Å²) in [5.74, 6) is 0. The fourth-order valence-electron chi connectivity index (χ4n) is 0.676. The Morgan fingerprint density at radius 1 is 1.80 bits per heavy atom. The fourth-order valence-corrected chi connectivity index (χ4v) is 1.50. The van der Waals surface area contributed by atoms with Gasteiger partial charge in [0.2, 0.25) is 0 Å². The predicted octanol–water partition coefficient (Wildman–Crippen LogP) is 1.45. The molecule has 1 aromatic heterocycles. The molecule has 0 aliphatic rings. The molecule has 0 radical (unpaired) electrons. The molecule has 2 nitrogen and oxygen atoms in total. The summed E-state index contributed by atoms with van der Waals surface area (Å²) in [6, 6.07) is 0. The first-order valence-electron chi connectivity index (χ1n) is 3.23. The van der Waals surface area contributed by atoms with Crippen molar-refractivity contribution in [1.82, 2.24) is 4.98 Å². The Hall–Kier alpha value is -0.700. The number of nitrogens with zero attached hydrogens (tertiary/aromatic N) is 1. The standard InChI is InChI=1S/C7H9NOS/c1-2-6-5-10-7(8-6)3-4-9/h4-5H,2-3H2,1H3. The molecule has 0 bridgehead atoms. The van der Waals surface area contributed by atoms with Crippen LogP contribution in [0.2, 0.25) is 0 Å². The highest BCUT2D eigenvalue weighted by Crippen LogP contribution is 2.09. The first-order valence-corrected chi connectivity index (χ1v) is 4.11. The van der Waals surface area contributed by atoms with Gasteiger partial charge >= 0.3 is 0 Å². The predicted molar refractivity (Wildman–Crippen MR) is 41.3 cm³/mol. The number of aldehydes is 1. The Balaban J connectivity index is 2.67. The number of rotatable bonds is 3. The molecule has 0 aliphatic carbocycles. The van der Waals surface area contributed by atoms with Gasteiger partial charge in [0.05, 0.1) is 17.1 Å². The number of hydrogen-bond acceptors (Lipinski definition) is 3. The maximum Gasteiger partial charge on any atom is 0.126 e. The van der Waals surface area contributed by atoms with E-state index in [4.69, 9.17) is 0 Å². The van der Waals surface area contributed by atoms with Crippen molar-refractivity contribution in [2.75, 3.05) is 0 Å². The summed E-state index contributed by atoms with van der Waals surface area (Å²) in [4.78, 5) is 14.2. The van der Waals surface area contributed by atoms with E-state index in [2.05, 4.69) is 11.9 Å². The van der Waals surface area contributed by atoms with Gasteiger partial charge in [-0.1, -0.05) is 6.92 Å². The Bertz CT molecular complexity index is 219. The Morgan fingerprint density at radius 3 is 3.10 bits per heavy atom. The highest BCUT2D eigenvalue weighted by Gasteiger charge is 1.97. The second kappa shape index (κ2) is 3.46. The number of carbonyl (C=O) groups excluding carboxylic acids is 1. The molecule has 0 saturated heterocycles. The van der Waals surface area contributed by atoms with Crippen LogP contribution in [0.1, 0.15) is 17.6 Å². The van der Waals surface area contributed by atoms with Gasteiger partial charge < -0.3 is 4.79 Å². The van der Waals surface area contributed by atoms with Crippen molar-refractivity contribution in [1.29, 1.82) is 0 Å². The van der Waals surface area contributed by atoms with Crippen LogP contribution in [0.3, 0.4) is 0 Å². The van der Waals surface area contributed by atoms with Crippen molar-refractivity contribution in [3.8, 4) is 0 Å². The third-order valence-electron chi connectivity index (χ3n) is 1.22. The molecule has 0 aromatic carbocycles. The van der Waals surface area contributed by atoms with Crippen molar-refractivity contribution in [3.05, 3.63) is 16.1 Å². The number of carbonyl (C=O) groups is 1. The second-order valence-corrected chi connectivity index (χ2v) is 2.90. The summed E-state index contributed by atoms with van der Waals surface area (Å²) in [5, 5.41) is 2.92. The van der Waals surface area contributed by atoms with Crippen LogP contribution in [0.15, 0.2) is 5.38 Å². The summed E-state index contributed by atoms with van der Waals surface area (Å²) < 4.78 is 0. The van der Waals surface area contributed by atoms with E-state index >= 15 is 0 Å². The molecule has 0 fully saturated rings. The van der Waals surface area contributed by atoms with Crippen molar-refractivity contribution in [2.45, 2.75) is 19.8 Å². The van der Waals surface area contributed by atoms with Gasteiger partial charge in [0.25, 0.3) is 0 Å². The van der Waals surface area contributed by atoms with E-state index in [1.807, 2.05) is 5.38 Å². The maximum absolute atomic E-state index is 10.0. The van der Waals surface area contributed by atoms with Crippen LogP contribution in [0.25, 0.3) is 0 Å². The van der Waals surface area contributed by atoms with Crippen LogP contribution in [0.4, 0.5) is 0 Å². The minimum absolute atomic E-state index is 0.463. The van der Waals surface area contributed by atoms with Crippen molar-refractivity contribution < 1.29 is 4.79 Å². The molecule has 0 unspecified atom stereocenters. The lowest BCUT2D eigenvalue weighted by Gasteiger charge is -1.82. The molecule has 1 heterocycles. The van der Waals surface area contributed by atoms with Gasteiger partial charge in [-0.15, -0.1) is 11.3 Å². The maximum atomic E-state index is 10.0. The summed E-state index contributed by atoms with van der Waals surface area (Å²) in [5.41, 5.74) is 1.09. The molecule has 0 aliphatic heterocycles. The Labute approximate surface area is 63.9 Å². The van der Waals surface area contributed by atoms with Gasteiger partial charge in [-0.25, -0.2) is 4.98 Å². The fraction of sp³-hybridized carbons (Fsp3) is 0.429. The zero-order valence-corrected chi connectivity index (χ0v) is 6.65. The van der Waals surface area contributed by atoms with Gasteiger partial charge in [-0.05, 0) is 6.42 Å². The van der Waals surface area contributed by atoms with Crippen LogP contribution in [0, 0.1) is 0 Å². The Kier molecular flexibility index (Phi) is 2.57. The molecule has 0 saturated carbocycles. The molecular formula is C7H9NOS. The van der Waals surface area contributed by atoms with Gasteiger partial charge in [0.15, 0.2) is 0 Å². The third kappa shape index (κ3) is 1.64. The van der Waals surface area contributed by atoms with Crippen LogP contribution < -0.4 is 0 Å². The molecule has 3 heteroatoms. The average molecular weight is 155 g/mol. The van der Waals surface area contributed by atoms with Crippen LogP contribution in [-0.2, 0) is 17.6 Å². The van der Waals surface area contributed by atoms with Crippen molar-refractivity contribution in [3.63, 3.8) is 0 Å². The van der Waals surface area contributed by atoms with Crippen molar-refractivity contribution >= 4 is 17.6 Å². The SMILES string of the molecule is CCc1csc(CC=O)n1. The lowest BCUT2D eigenvalue weighted by Crippen LogP contribution is -1.85. The lowest BCUT2D eigenvalue weighted by atomic mass is 10.4. The lowest BCUT2D eigenvalue weighted by molar-refractivity contribution is -0.107. The minimum Gasteiger partial charge on any atom is -0.303 e. The molecule has 54 valence electrons. The topological polar surface area (TPSA) is 30.0 Å². The largest absolute Gasteiger partial charge is 0.303 e. The van der Waals surface area contributed by atoms with E-state index in [1.165, 1.54) is 0 Å². The van der Waals surface area contributed by atoms with Gasteiger partial charge in [0.1, 0.15) is 6.29 Å². The monoisotopic (exact) mass is 155 g/mol. The first-order chi connectivity index (χ1) is 4.86. The highest BCUT2D eigenvalue weighted by atomic mass is 32.1. The van der Waals surface area contributed by atoms with Gasteiger partial charge in [-0.3, -0.25) is 0 Å². The van der Waals surface area contributed by atoms with Gasteiger partial charge in [-0.2, -0.15) is 0 Å².